The first-order chi connectivity index (χ1) is 12.3. The van der Waals surface area contributed by atoms with Gasteiger partial charge in [-0.25, -0.2) is 8.78 Å². The topological polar surface area (TPSA) is 55.4 Å². The van der Waals surface area contributed by atoms with Crippen molar-refractivity contribution in [2.75, 3.05) is 11.9 Å². The first-order valence-electron chi connectivity index (χ1n) is 7.95. The summed E-state index contributed by atoms with van der Waals surface area (Å²) in [7, 11) is 0. The maximum atomic E-state index is 13.5. The van der Waals surface area contributed by atoms with E-state index in [1.165, 1.54) is 0 Å². The second kappa shape index (κ2) is 8.76. The average molecular weight is 382 g/mol. The van der Waals surface area contributed by atoms with E-state index >= 15 is 0 Å². The normalized spacial score (nSPS) is 11.9. The van der Waals surface area contributed by atoms with E-state index in [1.54, 1.807) is 24.3 Å². The maximum Gasteiger partial charge on any atom is 0.314 e. The molecule has 1 N–H and O–H groups in total. The molecule has 0 fully saturated rings. The molecule has 0 heterocycles. The number of anilines is 1. The Morgan fingerprint density at radius 1 is 1.12 bits per heavy atom. The molecule has 138 valence electrons. The fraction of sp³-hybridized carbons (Fsp3) is 0.263. The van der Waals surface area contributed by atoms with Crippen LogP contribution in [0.2, 0.25) is 5.02 Å². The monoisotopic (exact) mass is 381 g/mol. The Hall–Kier alpha value is -2.47. The third-order valence-electron chi connectivity index (χ3n) is 3.70. The number of hydrogen-bond donors (Lipinski definition) is 1. The van der Waals surface area contributed by atoms with Crippen LogP contribution in [0.4, 0.5) is 14.5 Å². The molecular formula is C19H18ClF2NO3. The first-order valence-corrected chi connectivity index (χ1v) is 8.32. The van der Waals surface area contributed by atoms with E-state index in [0.29, 0.717) is 10.6 Å². The Morgan fingerprint density at radius 2 is 1.77 bits per heavy atom. The van der Waals surface area contributed by atoms with E-state index in [1.807, 2.05) is 13.8 Å². The summed E-state index contributed by atoms with van der Waals surface area (Å²) in [5.41, 5.74) is 0.398. The number of ether oxygens (including phenoxy) is 1. The van der Waals surface area contributed by atoms with Crippen molar-refractivity contribution in [2.24, 2.45) is 5.92 Å². The number of nitrogens with one attached hydrogen (secondary N) is 1. The van der Waals surface area contributed by atoms with Gasteiger partial charge < -0.3 is 10.1 Å². The van der Waals surface area contributed by atoms with Gasteiger partial charge in [0.05, 0.1) is 11.6 Å². The highest BCUT2D eigenvalue weighted by Crippen LogP contribution is 2.27. The number of carbonyl (C=O) groups is 2. The lowest BCUT2D eigenvalue weighted by molar-refractivity contribution is -0.149. The van der Waals surface area contributed by atoms with Crippen LogP contribution in [0.1, 0.15) is 25.3 Å². The van der Waals surface area contributed by atoms with Gasteiger partial charge in [-0.2, -0.15) is 0 Å². The van der Waals surface area contributed by atoms with Crippen LogP contribution in [-0.4, -0.2) is 18.5 Å². The minimum atomic E-state index is -0.785. The van der Waals surface area contributed by atoms with Crippen molar-refractivity contribution in [1.82, 2.24) is 0 Å². The van der Waals surface area contributed by atoms with Crippen LogP contribution in [0.5, 0.6) is 0 Å². The minimum absolute atomic E-state index is 0.0765. The van der Waals surface area contributed by atoms with Crippen molar-refractivity contribution in [3.63, 3.8) is 0 Å². The second-order valence-electron chi connectivity index (χ2n) is 6.05. The number of benzene rings is 2. The Labute approximate surface area is 155 Å². The largest absolute Gasteiger partial charge is 0.455 e. The third kappa shape index (κ3) is 5.26. The van der Waals surface area contributed by atoms with Crippen molar-refractivity contribution in [3.8, 4) is 0 Å². The molecule has 4 nitrogen and oxygen atoms in total. The number of esters is 1. The van der Waals surface area contributed by atoms with Crippen molar-refractivity contribution in [1.29, 1.82) is 0 Å². The average Bonchev–Trinajstić information content (AvgIpc) is 2.58. The van der Waals surface area contributed by atoms with Gasteiger partial charge >= 0.3 is 5.97 Å². The predicted octanol–water partition coefficient (Wildman–Crippen LogP) is 4.54. The zero-order valence-electron chi connectivity index (χ0n) is 14.3. The predicted molar refractivity (Wildman–Crippen MR) is 95.0 cm³/mol. The highest BCUT2D eigenvalue weighted by molar-refractivity contribution is 6.30. The molecule has 0 aromatic heterocycles. The molecule has 2 aromatic rings. The zero-order chi connectivity index (χ0) is 19.3. The Kier molecular flexibility index (Phi) is 6.69. The van der Waals surface area contributed by atoms with Gasteiger partial charge in [0.25, 0.3) is 5.91 Å². The van der Waals surface area contributed by atoms with Gasteiger partial charge in [0.1, 0.15) is 11.6 Å². The summed E-state index contributed by atoms with van der Waals surface area (Å²) >= 11 is 5.85. The molecule has 26 heavy (non-hydrogen) atoms. The van der Waals surface area contributed by atoms with Gasteiger partial charge in [-0.3, -0.25) is 9.59 Å². The SMILES string of the molecule is CC(C)[C@@H](C(=O)OCC(=O)Nc1cc(F)ccc1F)c1ccc(Cl)cc1. The van der Waals surface area contributed by atoms with E-state index in [0.717, 1.165) is 18.2 Å². The van der Waals surface area contributed by atoms with Gasteiger partial charge in [-0.05, 0) is 35.7 Å². The summed E-state index contributed by atoms with van der Waals surface area (Å²) in [6.45, 7) is 3.09. The summed E-state index contributed by atoms with van der Waals surface area (Å²) in [5.74, 6) is -3.48. The van der Waals surface area contributed by atoms with Crippen LogP contribution in [0.25, 0.3) is 0 Å². The molecule has 0 aliphatic carbocycles. The molecule has 0 aliphatic rings. The smallest absolute Gasteiger partial charge is 0.314 e. The molecule has 1 amide bonds. The number of rotatable bonds is 6. The van der Waals surface area contributed by atoms with Crippen LogP contribution >= 0.6 is 11.6 Å². The summed E-state index contributed by atoms with van der Waals surface area (Å²) in [6, 6.07) is 9.45. The highest BCUT2D eigenvalue weighted by Gasteiger charge is 2.26. The third-order valence-corrected chi connectivity index (χ3v) is 3.95. The lowest BCUT2D eigenvalue weighted by Gasteiger charge is -2.20. The minimum Gasteiger partial charge on any atom is -0.455 e. The maximum absolute atomic E-state index is 13.5. The van der Waals surface area contributed by atoms with E-state index in [4.69, 9.17) is 16.3 Å². The fourth-order valence-electron chi connectivity index (χ4n) is 2.47. The van der Waals surface area contributed by atoms with Gasteiger partial charge in [0, 0.05) is 11.1 Å². The van der Waals surface area contributed by atoms with Crippen molar-refractivity contribution in [2.45, 2.75) is 19.8 Å². The molecule has 0 aliphatic heterocycles. The molecule has 1 atom stereocenters. The second-order valence-corrected chi connectivity index (χ2v) is 6.49. The van der Waals surface area contributed by atoms with E-state index in [2.05, 4.69) is 5.32 Å². The Morgan fingerprint density at radius 3 is 2.38 bits per heavy atom. The molecular weight excluding hydrogens is 364 g/mol. The number of carbonyl (C=O) groups excluding carboxylic acids is 2. The molecule has 2 aromatic carbocycles. The summed E-state index contributed by atoms with van der Waals surface area (Å²) in [4.78, 5) is 24.2. The summed E-state index contributed by atoms with van der Waals surface area (Å²) in [5, 5.41) is 2.72. The van der Waals surface area contributed by atoms with Crippen molar-refractivity contribution >= 4 is 29.2 Å². The number of hydrogen-bond acceptors (Lipinski definition) is 3. The first kappa shape index (κ1) is 19.8. The van der Waals surface area contributed by atoms with Gasteiger partial charge in [-0.1, -0.05) is 37.6 Å². The summed E-state index contributed by atoms with van der Waals surface area (Å²) in [6.07, 6.45) is 0. The van der Waals surface area contributed by atoms with Crippen LogP contribution in [0.15, 0.2) is 42.5 Å². The zero-order valence-corrected chi connectivity index (χ0v) is 15.0. The van der Waals surface area contributed by atoms with E-state index in [9.17, 15) is 18.4 Å². The standard InChI is InChI=1S/C19H18ClF2NO3/c1-11(2)18(12-3-5-13(20)6-4-12)19(25)26-10-17(24)23-16-9-14(21)7-8-15(16)22/h3-9,11,18H,10H2,1-2H3,(H,23,24)/t18-/m1/s1. The Balaban J connectivity index is 2.00. The lowest BCUT2D eigenvalue weighted by Crippen LogP contribution is -2.26. The number of amides is 1. The van der Waals surface area contributed by atoms with Crippen molar-refractivity contribution < 1.29 is 23.1 Å². The van der Waals surface area contributed by atoms with Gasteiger partial charge in [0.2, 0.25) is 0 Å². The lowest BCUT2D eigenvalue weighted by atomic mass is 9.88. The summed E-state index contributed by atoms with van der Waals surface area (Å²) < 4.78 is 31.7. The van der Waals surface area contributed by atoms with Gasteiger partial charge in [0.15, 0.2) is 6.61 Å². The molecule has 0 spiro atoms. The molecule has 0 saturated heterocycles. The van der Waals surface area contributed by atoms with Crippen LogP contribution in [0, 0.1) is 17.6 Å². The quantitative estimate of drug-likeness (QED) is 0.747. The van der Waals surface area contributed by atoms with Crippen LogP contribution in [-0.2, 0) is 14.3 Å². The molecule has 7 heteroatoms. The van der Waals surface area contributed by atoms with Crippen LogP contribution in [0.3, 0.4) is 0 Å². The van der Waals surface area contributed by atoms with E-state index < -0.39 is 36.0 Å². The molecule has 0 saturated carbocycles. The molecule has 0 radical (unpaired) electrons. The fourth-order valence-corrected chi connectivity index (χ4v) is 2.60. The van der Waals surface area contributed by atoms with Crippen LogP contribution < -0.4 is 5.32 Å². The van der Waals surface area contributed by atoms with Gasteiger partial charge in [-0.15, -0.1) is 0 Å². The van der Waals surface area contributed by atoms with Crippen molar-refractivity contribution in [3.05, 3.63) is 64.7 Å². The highest BCUT2D eigenvalue weighted by atomic mass is 35.5. The molecule has 0 bridgehead atoms. The number of halogens is 3. The van der Waals surface area contributed by atoms with E-state index in [-0.39, 0.29) is 11.6 Å². The molecule has 0 unspecified atom stereocenters. The Bertz CT molecular complexity index is 794. The molecule has 2 rings (SSSR count).